The Kier molecular flexibility index (Phi) is 7.99. The van der Waals surface area contributed by atoms with E-state index >= 15 is 0 Å². The molecule has 2 atom stereocenters. The maximum absolute atomic E-state index is 13.8. The number of hydrogen-bond donors (Lipinski definition) is 3. The van der Waals surface area contributed by atoms with Crippen molar-refractivity contribution in [1.29, 1.82) is 0 Å². The minimum Gasteiger partial charge on any atom is -0.493 e. The van der Waals surface area contributed by atoms with E-state index in [2.05, 4.69) is 10.3 Å². The summed E-state index contributed by atoms with van der Waals surface area (Å²) in [6.45, 7) is 2.47. The first-order valence-electron chi connectivity index (χ1n) is 14.2. The average molecular weight is 635 g/mol. The van der Waals surface area contributed by atoms with Gasteiger partial charge in [0.05, 0.1) is 49.7 Å². The Morgan fingerprint density at radius 1 is 1.04 bits per heavy atom. The largest absolute Gasteiger partial charge is 0.493 e. The fraction of sp³-hybridized carbons (Fsp3) is 0.300. The van der Waals surface area contributed by atoms with Crippen LogP contribution in [0.25, 0.3) is 16.7 Å². The molecule has 1 aliphatic heterocycles. The molecular formula is C30H34N8O6S. The van der Waals surface area contributed by atoms with Gasteiger partial charge in [0.25, 0.3) is 10.0 Å². The van der Waals surface area contributed by atoms with Gasteiger partial charge >= 0.3 is 0 Å². The van der Waals surface area contributed by atoms with Crippen LogP contribution in [0.5, 0.6) is 17.2 Å². The minimum absolute atomic E-state index is 0.123. The zero-order valence-electron chi connectivity index (χ0n) is 25.2. The zero-order chi connectivity index (χ0) is 31.9. The van der Waals surface area contributed by atoms with E-state index in [0.29, 0.717) is 53.2 Å². The molecule has 0 radical (unpaired) electrons. The summed E-state index contributed by atoms with van der Waals surface area (Å²) in [7, 11) is 0.591. The topological polar surface area (TPSA) is 172 Å². The predicted molar refractivity (Wildman–Crippen MR) is 168 cm³/mol. The van der Waals surface area contributed by atoms with Gasteiger partial charge in [-0.25, -0.2) is 22.4 Å². The molecule has 4 heterocycles. The van der Waals surface area contributed by atoms with Crippen molar-refractivity contribution >= 4 is 38.6 Å². The van der Waals surface area contributed by atoms with Crippen molar-refractivity contribution in [2.45, 2.75) is 36.9 Å². The Labute approximate surface area is 260 Å². The van der Waals surface area contributed by atoms with Gasteiger partial charge in [0.15, 0.2) is 17.3 Å². The number of ether oxygens (including phenoxy) is 3. The van der Waals surface area contributed by atoms with Crippen LogP contribution < -0.4 is 30.2 Å². The van der Waals surface area contributed by atoms with Crippen molar-refractivity contribution in [2.24, 2.45) is 5.73 Å². The van der Waals surface area contributed by atoms with Crippen molar-refractivity contribution in [1.82, 2.24) is 23.5 Å². The maximum Gasteiger partial charge on any atom is 0.268 e. The molecule has 0 bridgehead atoms. The van der Waals surface area contributed by atoms with Crippen molar-refractivity contribution in [3.05, 3.63) is 66.7 Å². The average Bonchev–Trinajstić information content (AvgIpc) is 3.80. The first-order valence-corrected chi connectivity index (χ1v) is 15.6. The molecule has 14 nitrogen and oxygen atoms in total. The summed E-state index contributed by atoms with van der Waals surface area (Å²) in [5, 5.41) is 13.4. The number of nitrogens with one attached hydrogen (secondary N) is 1. The first-order chi connectivity index (χ1) is 21.6. The number of benzene rings is 2. The van der Waals surface area contributed by atoms with Crippen LogP contribution in [0, 0.1) is 6.92 Å². The molecule has 4 N–H and O–H groups in total. The van der Waals surface area contributed by atoms with Crippen molar-refractivity contribution in [2.75, 3.05) is 38.1 Å². The first kappa shape index (κ1) is 30.2. The number of methoxy groups -OCH3 is 3. The number of hydrogen-bond acceptors (Lipinski definition) is 12. The van der Waals surface area contributed by atoms with Gasteiger partial charge in [-0.3, -0.25) is 0 Å². The SMILES string of the molecule is COc1cc(-n2cnc(Nc3nc(N4CCC[C@H]4C(N)O)nc4ccn(S(=O)(=O)c5ccc(C)cc5)c34)c2)cc(OC)c1OC. The molecule has 0 amide bonds. The second kappa shape index (κ2) is 11.9. The van der Waals surface area contributed by atoms with E-state index in [0.717, 1.165) is 16.0 Å². The number of imidazole rings is 1. The van der Waals surface area contributed by atoms with Gasteiger partial charge < -0.3 is 39.8 Å². The molecule has 1 aliphatic rings. The molecule has 0 saturated carbocycles. The van der Waals surface area contributed by atoms with E-state index < -0.39 is 16.3 Å². The number of nitrogens with two attached hydrogens (primary N) is 1. The van der Waals surface area contributed by atoms with Crippen LogP contribution in [0.2, 0.25) is 0 Å². The highest BCUT2D eigenvalue weighted by Crippen LogP contribution is 2.39. The lowest BCUT2D eigenvalue weighted by atomic mass is 10.2. The van der Waals surface area contributed by atoms with Gasteiger partial charge in [-0.2, -0.15) is 4.98 Å². The van der Waals surface area contributed by atoms with Gasteiger partial charge in [0, 0.05) is 24.9 Å². The Morgan fingerprint density at radius 3 is 2.40 bits per heavy atom. The number of rotatable bonds is 10. The van der Waals surface area contributed by atoms with Gasteiger partial charge in [0.2, 0.25) is 11.7 Å². The Morgan fingerprint density at radius 2 is 1.76 bits per heavy atom. The zero-order valence-corrected chi connectivity index (χ0v) is 26.0. The van der Waals surface area contributed by atoms with E-state index in [4.69, 9.17) is 29.9 Å². The minimum atomic E-state index is -4.01. The van der Waals surface area contributed by atoms with E-state index in [1.54, 1.807) is 59.6 Å². The van der Waals surface area contributed by atoms with Gasteiger partial charge in [-0.15, -0.1) is 0 Å². The van der Waals surface area contributed by atoms with Crippen LogP contribution >= 0.6 is 0 Å². The Balaban J connectivity index is 1.46. The molecule has 3 aromatic heterocycles. The van der Waals surface area contributed by atoms with Crippen LogP contribution in [0.4, 0.5) is 17.6 Å². The second-order valence-electron chi connectivity index (χ2n) is 10.6. The molecule has 2 aromatic carbocycles. The molecule has 5 aromatic rings. The smallest absolute Gasteiger partial charge is 0.268 e. The molecule has 236 valence electrons. The summed E-state index contributed by atoms with van der Waals surface area (Å²) < 4.78 is 47.0. The van der Waals surface area contributed by atoms with Crippen LogP contribution in [0.3, 0.4) is 0 Å². The highest BCUT2D eigenvalue weighted by Gasteiger charge is 2.32. The van der Waals surface area contributed by atoms with Crippen LogP contribution in [-0.2, 0) is 10.0 Å². The third-order valence-corrected chi connectivity index (χ3v) is 9.48. The molecule has 1 fully saturated rings. The van der Waals surface area contributed by atoms with Crippen LogP contribution in [-0.4, -0.2) is 77.2 Å². The monoisotopic (exact) mass is 634 g/mol. The van der Waals surface area contributed by atoms with E-state index in [-0.39, 0.29) is 22.3 Å². The molecule has 1 saturated heterocycles. The second-order valence-corrected chi connectivity index (χ2v) is 12.4. The Hall–Kier alpha value is -4.86. The summed E-state index contributed by atoms with van der Waals surface area (Å²) in [5.41, 5.74) is 8.12. The summed E-state index contributed by atoms with van der Waals surface area (Å²) in [6.07, 6.45) is 5.14. The van der Waals surface area contributed by atoms with Crippen LogP contribution in [0.1, 0.15) is 18.4 Å². The molecule has 0 spiro atoms. The normalized spacial score (nSPS) is 15.8. The number of aliphatic hydroxyl groups is 1. The standard InChI is InChI=1S/C30H34N8O6S/c1-18-7-9-20(10-8-18)45(40,41)38-13-11-21-26(38)29(35-30(33-21)37-12-5-6-22(37)28(31)39)34-25-16-36(17-32-25)19-14-23(42-2)27(44-4)24(15-19)43-3/h7-11,13-17,22,28,39H,5-6,12,31H2,1-4H3,(H,33,34,35)/t22-,28?/m0/s1. The summed E-state index contributed by atoms with van der Waals surface area (Å²) >= 11 is 0. The van der Waals surface area contributed by atoms with E-state index in [1.165, 1.54) is 27.5 Å². The van der Waals surface area contributed by atoms with Crippen LogP contribution in [0.15, 0.2) is 66.1 Å². The molecule has 45 heavy (non-hydrogen) atoms. The van der Waals surface area contributed by atoms with E-state index in [9.17, 15) is 13.5 Å². The molecule has 1 unspecified atom stereocenters. The van der Waals surface area contributed by atoms with Crippen molar-refractivity contribution in [3.63, 3.8) is 0 Å². The summed E-state index contributed by atoms with van der Waals surface area (Å²) in [5.74, 6) is 2.30. The molecule has 6 rings (SSSR count). The predicted octanol–water partition coefficient (Wildman–Crippen LogP) is 3.18. The Bertz CT molecular complexity index is 1930. The fourth-order valence-electron chi connectivity index (χ4n) is 5.51. The third kappa shape index (κ3) is 5.49. The van der Waals surface area contributed by atoms with Crippen molar-refractivity contribution < 1.29 is 27.7 Å². The lowest BCUT2D eigenvalue weighted by Crippen LogP contribution is -2.44. The van der Waals surface area contributed by atoms with Gasteiger partial charge in [-0.05, 0) is 38.0 Å². The summed E-state index contributed by atoms with van der Waals surface area (Å²) in [4.78, 5) is 15.9. The third-order valence-electron chi connectivity index (χ3n) is 7.79. The molecule has 0 aliphatic carbocycles. The maximum atomic E-state index is 13.8. The number of aliphatic hydroxyl groups excluding tert-OH is 1. The van der Waals surface area contributed by atoms with E-state index in [1.807, 2.05) is 11.8 Å². The fourth-order valence-corrected chi connectivity index (χ4v) is 6.86. The molecular weight excluding hydrogens is 600 g/mol. The lowest BCUT2D eigenvalue weighted by Gasteiger charge is -2.27. The number of nitrogens with zero attached hydrogens (tertiary/aromatic N) is 6. The van der Waals surface area contributed by atoms with Gasteiger partial charge in [-0.1, -0.05) is 17.7 Å². The number of aromatic nitrogens is 5. The van der Waals surface area contributed by atoms with Crippen molar-refractivity contribution in [3.8, 4) is 22.9 Å². The quantitative estimate of drug-likeness (QED) is 0.192. The highest BCUT2D eigenvalue weighted by atomic mass is 32.2. The number of fused-ring (bicyclic) bond motifs is 1. The molecule has 15 heteroatoms. The van der Waals surface area contributed by atoms with Gasteiger partial charge in [0.1, 0.15) is 23.9 Å². The number of anilines is 3. The lowest BCUT2D eigenvalue weighted by molar-refractivity contribution is 0.152. The summed E-state index contributed by atoms with van der Waals surface area (Å²) in [6, 6.07) is 11.4. The number of aryl methyl sites for hydroxylation is 1. The highest BCUT2D eigenvalue weighted by molar-refractivity contribution is 7.90.